The highest BCUT2D eigenvalue weighted by Crippen LogP contribution is 2.40. The van der Waals surface area contributed by atoms with Gasteiger partial charge in [0.25, 0.3) is 11.7 Å². The van der Waals surface area contributed by atoms with Crippen LogP contribution in [0.15, 0.2) is 54.1 Å². The van der Waals surface area contributed by atoms with Crippen molar-refractivity contribution in [1.29, 1.82) is 0 Å². The first-order valence-corrected chi connectivity index (χ1v) is 11.5. The van der Waals surface area contributed by atoms with E-state index >= 15 is 0 Å². The summed E-state index contributed by atoms with van der Waals surface area (Å²) in [7, 11) is 1.58. The maximum Gasteiger partial charge on any atom is 0.295 e. The molecule has 1 amide bonds. The molecule has 1 N–H and O–H groups in total. The third-order valence-corrected chi connectivity index (χ3v) is 5.66. The number of nitrogens with zero attached hydrogens (tertiary/aromatic N) is 1. The second-order valence-electron chi connectivity index (χ2n) is 8.71. The number of benzene rings is 2. The summed E-state index contributed by atoms with van der Waals surface area (Å²) < 4.78 is 11.0. The number of unbranched alkanes of at least 4 members (excludes halogenated alkanes) is 2. The minimum absolute atomic E-state index is 0.0997. The van der Waals surface area contributed by atoms with Crippen molar-refractivity contribution in [3.05, 3.63) is 65.2 Å². The van der Waals surface area contributed by atoms with Gasteiger partial charge in [0, 0.05) is 12.1 Å². The van der Waals surface area contributed by atoms with Gasteiger partial charge in [-0.2, -0.15) is 0 Å². The molecular weight excluding hydrogens is 418 g/mol. The van der Waals surface area contributed by atoms with Gasteiger partial charge in [0.05, 0.1) is 25.3 Å². The molecule has 33 heavy (non-hydrogen) atoms. The van der Waals surface area contributed by atoms with Gasteiger partial charge in [-0.05, 0) is 42.2 Å². The van der Waals surface area contributed by atoms with Crippen LogP contribution in [0.5, 0.6) is 11.5 Å². The van der Waals surface area contributed by atoms with Crippen molar-refractivity contribution in [1.82, 2.24) is 4.90 Å². The van der Waals surface area contributed by atoms with E-state index in [1.807, 2.05) is 18.2 Å². The number of hydrogen-bond acceptors (Lipinski definition) is 5. The Morgan fingerprint density at radius 2 is 1.79 bits per heavy atom. The minimum Gasteiger partial charge on any atom is -0.507 e. The molecule has 0 aliphatic carbocycles. The molecule has 0 bridgehead atoms. The number of rotatable bonds is 10. The van der Waals surface area contributed by atoms with E-state index in [1.54, 1.807) is 42.3 Å². The Hall–Kier alpha value is -3.28. The van der Waals surface area contributed by atoms with Gasteiger partial charge >= 0.3 is 0 Å². The molecule has 176 valence electrons. The SMILES string of the molecule is CCCCCN1C(=O)C(=O)/C(=C(\O)c2cccc(OCC(C)C)c2)C1c1ccc(OC)cc1. The number of methoxy groups -OCH3 is 1. The van der Waals surface area contributed by atoms with E-state index in [0.29, 0.717) is 36.1 Å². The Morgan fingerprint density at radius 1 is 1.06 bits per heavy atom. The Labute approximate surface area is 195 Å². The zero-order valence-electron chi connectivity index (χ0n) is 19.8. The minimum atomic E-state index is -0.668. The molecule has 1 heterocycles. The normalized spacial score (nSPS) is 17.6. The summed E-state index contributed by atoms with van der Waals surface area (Å²) in [5.74, 6) is 0.189. The molecule has 0 saturated carbocycles. The maximum absolute atomic E-state index is 13.1. The van der Waals surface area contributed by atoms with Crippen molar-refractivity contribution < 1.29 is 24.2 Å². The van der Waals surface area contributed by atoms with Gasteiger partial charge < -0.3 is 19.5 Å². The number of ether oxygens (including phenoxy) is 2. The third kappa shape index (κ3) is 5.56. The average molecular weight is 452 g/mol. The largest absolute Gasteiger partial charge is 0.507 e. The van der Waals surface area contributed by atoms with E-state index < -0.39 is 17.7 Å². The molecule has 6 nitrogen and oxygen atoms in total. The van der Waals surface area contributed by atoms with Crippen molar-refractivity contribution in [3.63, 3.8) is 0 Å². The zero-order chi connectivity index (χ0) is 24.0. The molecule has 0 spiro atoms. The van der Waals surface area contributed by atoms with Crippen LogP contribution in [0.25, 0.3) is 5.76 Å². The molecule has 1 saturated heterocycles. The first-order chi connectivity index (χ1) is 15.9. The van der Waals surface area contributed by atoms with E-state index in [2.05, 4.69) is 20.8 Å². The molecule has 1 fully saturated rings. The van der Waals surface area contributed by atoms with Gasteiger partial charge in [0.15, 0.2) is 0 Å². The Balaban J connectivity index is 2.05. The summed E-state index contributed by atoms with van der Waals surface area (Å²) in [5.41, 5.74) is 1.30. The molecule has 1 aliphatic rings. The molecule has 1 atom stereocenters. The lowest BCUT2D eigenvalue weighted by molar-refractivity contribution is -0.139. The van der Waals surface area contributed by atoms with E-state index in [0.717, 1.165) is 24.8 Å². The first-order valence-electron chi connectivity index (χ1n) is 11.5. The summed E-state index contributed by atoms with van der Waals surface area (Å²) in [5, 5.41) is 11.2. The van der Waals surface area contributed by atoms with Crippen LogP contribution in [-0.2, 0) is 9.59 Å². The number of likely N-dealkylation sites (tertiary alicyclic amines) is 1. The van der Waals surface area contributed by atoms with Crippen LogP contribution in [0, 0.1) is 5.92 Å². The quantitative estimate of drug-likeness (QED) is 0.228. The Kier molecular flexibility index (Phi) is 8.15. The first kappa shape index (κ1) is 24.4. The molecule has 2 aromatic rings. The number of carbonyl (C=O) groups excluding carboxylic acids is 2. The lowest BCUT2D eigenvalue weighted by Crippen LogP contribution is -2.30. The molecule has 0 radical (unpaired) electrons. The van der Waals surface area contributed by atoms with Crippen LogP contribution in [0.1, 0.15) is 57.2 Å². The number of ketones is 1. The smallest absolute Gasteiger partial charge is 0.295 e. The second-order valence-corrected chi connectivity index (χ2v) is 8.71. The number of hydrogen-bond donors (Lipinski definition) is 1. The van der Waals surface area contributed by atoms with Gasteiger partial charge in [-0.1, -0.05) is 57.9 Å². The van der Waals surface area contributed by atoms with E-state index in [1.165, 1.54) is 0 Å². The van der Waals surface area contributed by atoms with Gasteiger partial charge in [-0.15, -0.1) is 0 Å². The predicted molar refractivity (Wildman–Crippen MR) is 128 cm³/mol. The molecule has 0 aromatic heterocycles. The highest BCUT2D eigenvalue weighted by Gasteiger charge is 2.45. The number of aliphatic hydroxyl groups excluding tert-OH is 1. The van der Waals surface area contributed by atoms with Gasteiger partial charge in [-0.3, -0.25) is 9.59 Å². The standard InChI is InChI=1S/C27H33NO5/c1-5-6-7-15-28-24(19-11-13-21(32-4)14-12-19)23(26(30)27(28)31)25(29)20-9-8-10-22(16-20)33-17-18(2)3/h8-14,16,18,24,29H,5-7,15,17H2,1-4H3/b25-23-. The maximum atomic E-state index is 13.1. The van der Waals surface area contributed by atoms with E-state index in [-0.39, 0.29) is 11.3 Å². The topological polar surface area (TPSA) is 76.1 Å². The van der Waals surface area contributed by atoms with E-state index in [9.17, 15) is 14.7 Å². The lowest BCUT2D eigenvalue weighted by atomic mass is 9.95. The summed E-state index contributed by atoms with van der Waals surface area (Å²) in [6, 6.07) is 13.6. The summed E-state index contributed by atoms with van der Waals surface area (Å²) in [6.07, 6.45) is 2.74. The molecule has 6 heteroatoms. The fourth-order valence-electron chi connectivity index (χ4n) is 3.93. The van der Waals surface area contributed by atoms with E-state index in [4.69, 9.17) is 9.47 Å². The molecule has 1 unspecified atom stereocenters. The fraction of sp³-hybridized carbons (Fsp3) is 0.407. The van der Waals surface area contributed by atoms with Crippen molar-refractivity contribution >= 4 is 17.4 Å². The number of amides is 1. The zero-order valence-corrected chi connectivity index (χ0v) is 19.8. The highest BCUT2D eigenvalue weighted by molar-refractivity contribution is 6.46. The van der Waals surface area contributed by atoms with Crippen molar-refractivity contribution in [2.24, 2.45) is 5.92 Å². The predicted octanol–water partition coefficient (Wildman–Crippen LogP) is 5.34. The van der Waals surface area contributed by atoms with Crippen LogP contribution in [0.3, 0.4) is 0 Å². The average Bonchev–Trinajstić information content (AvgIpc) is 3.07. The molecular formula is C27H33NO5. The van der Waals surface area contributed by atoms with Gasteiger partial charge in [0.2, 0.25) is 0 Å². The summed E-state index contributed by atoms with van der Waals surface area (Å²) >= 11 is 0. The Bertz CT molecular complexity index is 1010. The molecule has 3 rings (SSSR count). The van der Waals surface area contributed by atoms with Crippen LogP contribution < -0.4 is 9.47 Å². The monoisotopic (exact) mass is 451 g/mol. The van der Waals surface area contributed by atoms with Gasteiger partial charge in [-0.25, -0.2) is 0 Å². The number of aliphatic hydroxyl groups is 1. The van der Waals surface area contributed by atoms with Crippen LogP contribution in [0.4, 0.5) is 0 Å². The summed E-state index contributed by atoms with van der Waals surface area (Å²) in [6.45, 7) is 7.18. The summed E-state index contributed by atoms with van der Waals surface area (Å²) in [4.78, 5) is 27.7. The highest BCUT2D eigenvalue weighted by atomic mass is 16.5. The van der Waals surface area contributed by atoms with Crippen LogP contribution >= 0.6 is 0 Å². The number of carbonyl (C=O) groups is 2. The lowest BCUT2D eigenvalue weighted by Gasteiger charge is -2.25. The fourth-order valence-corrected chi connectivity index (χ4v) is 3.93. The second kappa shape index (κ2) is 11.0. The Morgan fingerprint density at radius 3 is 2.42 bits per heavy atom. The molecule has 1 aliphatic heterocycles. The van der Waals surface area contributed by atoms with Crippen LogP contribution in [-0.4, -0.2) is 42.0 Å². The van der Waals surface area contributed by atoms with Gasteiger partial charge in [0.1, 0.15) is 17.3 Å². The molecule has 2 aromatic carbocycles. The third-order valence-electron chi connectivity index (χ3n) is 5.66. The van der Waals surface area contributed by atoms with Crippen LogP contribution in [0.2, 0.25) is 0 Å². The van der Waals surface area contributed by atoms with Crippen molar-refractivity contribution in [2.45, 2.75) is 46.1 Å². The van der Waals surface area contributed by atoms with Crippen molar-refractivity contribution in [3.8, 4) is 11.5 Å². The number of Topliss-reactive ketones (excluding diaryl/α,β-unsaturated/α-hetero) is 1. The van der Waals surface area contributed by atoms with Crippen molar-refractivity contribution in [2.75, 3.05) is 20.3 Å².